The number of amides is 1. The van der Waals surface area contributed by atoms with Gasteiger partial charge in [-0.1, -0.05) is 37.5 Å². The number of hydroxylamine groups is 1. The molecule has 0 aliphatic heterocycles. The Kier molecular flexibility index (Phi) is 5.90. The van der Waals surface area contributed by atoms with E-state index in [0.29, 0.717) is 13.0 Å². The van der Waals surface area contributed by atoms with E-state index >= 15 is 0 Å². The first-order valence-electron chi connectivity index (χ1n) is 8.84. The van der Waals surface area contributed by atoms with Gasteiger partial charge in [-0.2, -0.15) is 0 Å². The number of unbranched alkanes of at least 4 members (excludes halogenated alkanes) is 4. The van der Waals surface area contributed by atoms with Crippen molar-refractivity contribution in [3.8, 4) is 5.75 Å². The summed E-state index contributed by atoms with van der Waals surface area (Å²) in [6, 6.07) is 14.5. The Morgan fingerprint density at radius 2 is 1.72 bits per heavy atom. The number of H-pyrrole nitrogens is 1. The van der Waals surface area contributed by atoms with Crippen LogP contribution in [0.25, 0.3) is 21.8 Å². The van der Waals surface area contributed by atoms with E-state index in [1.165, 1.54) is 10.8 Å². The number of hydrogen-bond donors (Lipinski definition) is 3. The average molecular weight is 340 g/mol. The topological polar surface area (TPSA) is 74.4 Å². The van der Waals surface area contributed by atoms with Crippen LogP contribution in [0.3, 0.4) is 0 Å². The molecule has 3 aromatic rings. The second kappa shape index (κ2) is 8.53. The number of rotatable bonds is 9. The number of nitrogens with one attached hydrogen (secondary N) is 2. The number of hydrogen-bond acceptors (Lipinski definition) is 3. The molecule has 2 aromatic carbocycles. The van der Waals surface area contributed by atoms with Crippen molar-refractivity contribution in [2.75, 3.05) is 6.61 Å². The first-order valence-corrected chi connectivity index (χ1v) is 8.84. The summed E-state index contributed by atoms with van der Waals surface area (Å²) in [7, 11) is 0. The Morgan fingerprint density at radius 1 is 0.960 bits per heavy atom. The summed E-state index contributed by atoms with van der Waals surface area (Å²) in [5.41, 5.74) is 3.89. The highest BCUT2D eigenvalue weighted by Crippen LogP contribution is 2.28. The fourth-order valence-corrected chi connectivity index (χ4v) is 3.09. The van der Waals surface area contributed by atoms with E-state index in [2.05, 4.69) is 35.3 Å². The highest BCUT2D eigenvalue weighted by Gasteiger charge is 2.05. The molecule has 5 nitrogen and oxygen atoms in total. The van der Waals surface area contributed by atoms with Crippen molar-refractivity contribution in [3.63, 3.8) is 0 Å². The highest BCUT2D eigenvalue weighted by molar-refractivity contribution is 6.07. The lowest BCUT2D eigenvalue weighted by Crippen LogP contribution is -2.17. The van der Waals surface area contributed by atoms with Crippen molar-refractivity contribution in [1.29, 1.82) is 0 Å². The van der Waals surface area contributed by atoms with E-state index in [1.807, 2.05) is 12.1 Å². The molecule has 3 N–H and O–H groups in total. The fraction of sp³-hybridized carbons (Fsp3) is 0.350. The molecule has 0 radical (unpaired) electrons. The quantitative estimate of drug-likeness (QED) is 0.304. The van der Waals surface area contributed by atoms with Crippen LogP contribution in [-0.2, 0) is 4.79 Å². The minimum absolute atomic E-state index is 0.310. The number of aromatic nitrogens is 1. The van der Waals surface area contributed by atoms with Gasteiger partial charge in [-0.25, -0.2) is 5.48 Å². The molecule has 0 spiro atoms. The van der Waals surface area contributed by atoms with Crippen LogP contribution >= 0.6 is 0 Å². The summed E-state index contributed by atoms with van der Waals surface area (Å²) >= 11 is 0. The summed E-state index contributed by atoms with van der Waals surface area (Å²) in [6.45, 7) is 0.697. The normalized spacial score (nSPS) is 11.1. The van der Waals surface area contributed by atoms with E-state index < -0.39 is 0 Å². The Morgan fingerprint density at radius 3 is 2.60 bits per heavy atom. The Balaban J connectivity index is 1.41. The minimum atomic E-state index is -0.310. The van der Waals surface area contributed by atoms with Crippen LogP contribution in [0, 0.1) is 0 Å². The van der Waals surface area contributed by atoms with Crippen LogP contribution in [0.4, 0.5) is 0 Å². The molecule has 0 unspecified atom stereocenters. The van der Waals surface area contributed by atoms with Gasteiger partial charge in [-0.15, -0.1) is 0 Å². The molecule has 0 bridgehead atoms. The summed E-state index contributed by atoms with van der Waals surface area (Å²) in [5.74, 6) is 0.578. The lowest BCUT2D eigenvalue weighted by Gasteiger charge is -2.06. The lowest BCUT2D eigenvalue weighted by atomic mass is 10.1. The van der Waals surface area contributed by atoms with Crippen LogP contribution in [0.15, 0.2) is 42.5 Å². The van der Waals surface area contributed by atoms with Crippen molar-refractivity contribution in [3.05, 3.63) is 42.5 Å². The Bertz CT molecular complexity index is 841. The molecular weight excluding hydrogens is 316 g/mol. The van der Waals surface area contributed by atoms with Crippen molar-refractivity contribution in [1.82, 2.24) is 10.5 Å². The fourth-order valence-electron chi connectivity index (χ4n) is 3.09. The number of aromatic amines is 1. The number of benzene rings is 2. The van der Waals surface area contributed by atoms with Crippen LogP contribution in [-0.4, -0.2) is 22.7 Å². The van der Waals surface area contributed by atoms with Crippen LogP contribution in [0.2, 0.25) is 0 Å². The molecule has 0 fully saturated rings. The largest absolute Gasteiger partial charge is 0.494 e. The second-order valence-corrected chi connectivity index (χ2v) is 6.28. The van der Waals surface area contributed by atoms with E-state index in [0.717, 1.165) is 48.9 Å². The van der Waals surface area contributed by atoms with E-state index in [-0.39, 0.29) is 5.91 Å². The van der Waals surface area contributed by atoms with Gasteiger partial charge in [0.2, 0.25) is 5.91 Å². The molecule has 0 saturated carbocycles. The smallest absolute Gasteiger partial charge is 0.243 e. The van der Waals surface area contributed by atoms with Crippen molar-refractivity contribution in [2.24, 2.45) is 0 Å². The van der Waals surface area contributed by atoms with Gasteiger partial charge in [-0.3, -0.25) is 10.0 Å². The number of para-hydroxylation sites is 1. The van der Waals surface area contributed by atoms with Gasteiger partial charge in [0.25, 0.3) is 0 Å². The zero-order valence-electron chi connectivity index (χ0n) is 14.3. The number of ether oxygens (including phenoxy) is 1. The summed E-state index contributed by atoms with van der Waals surface area (Å²) in [6.07, 6.45) is 5.34. The molecule has 0 saturated heterocycles. The maximum absolute atomic E-state index is 10.9. The summed E-state index contributed by atoms with van der Waals surface area (Å²) in [4.78, 5) is 14.3. The molecule has 1 heterocycles. The number of carbonyl (C=O) groups is 1. The monoisotopic (exact) mass is 340 g/mol. The molecular formula is C20H24N2O3. The van der Waals surface area contributed by atoms with Gasteiger partial charge in [-0.05, 0) is 31.0 Å². The zero-order chi connectivity index (χ0) is 17.5. The molecule has 1 amide bonds. The predicted octanol–water partition coefficient (Wildman–Crippen LogP) is 4.55. The lowest BCUT2D eigenvalue weighted by molar-refractivity contribution is -0.129. The minimum Gasteiger partial charge on any atom is -0.494 e. The molecule has 132 valence electrons. The average Bonchev–Trinajstić information content (AvgIpc) is 3.01. The zero-order valence-corrected chi connectivity index (χ0v) is 14.3. The number of carbonyl (C=O) groups excluding carboxylic acids is 1. The second-order valence-electron chi connectivity index (χ2n) is 6.28. The molecule has 5 heteroatoms. The van der Waals surface area contributed by atoms with Gasteiger partial charge in [0.15, 0.2) is 0 Å². The molecule has 1 aromatic heterocycles. The third-order valence-electron chi connectivity index (χ3n) is 4.42. The van der Waals surface area contributed by atoms with Gasteiger partial charge in [0.05, 0.1) is 12.1 Å². The van der Waals surface area contributed by atoms with Crippen molar-refractivity contribution < 1.29 is 14.7 Å². The maximum Gasteiger partial charge on any atom is 0.243 e. The molecule has 0 aliphatic carbocycles. The van der Waals surface area contributed by atoms with Crippen molar-refractivity contribution >= 4 is 27.7 Å². The Labute approximate surface area is 146 Å². The first kappa shape index (κ1) is 17.3. The predicted molar refractivity (Wildman–Crippen MR) is 98.9 cm³/mol. The summed E-state index contributed by atoms with van der Waals surface area (Å²) < 4.78 is 5.86. The maximum atomic E-state index is 10.9. The molecule has 0 aliphatic rings. The molecule has 0 atom stereocenters. The van der Waals surface area contributed by atoms with Gasteiger partial charge in [0.1, 0.15) is 5.75 Å². The van der Waals surface area contributed by atoms with E-state index in [4.69, 9.17) is 9.94 Å². The van der Waals surface area contributed by atoms with E-state index in [1.54, 1.807) is 5.48 Å². The molecule has 25 heavy (non-hydrogen) atoms. The SMILES string of the molecule is O=C(CCCCCCCOc1ccc2c(c1)[nH]c1ccccc12)NO. The van der Waals surface area contributed by atoms with E-state index in [9.17, 15) is 4.79 Å². The van der Waals surface area contributed by atoms with Crippen LogP contribution < -0.4 is 10.2 Å². The van der Waals surface area contributed by atoms with Gasteiger partial charge < -0.3 is 9.72 Å². The standard InChI is InChI=1S/C20H24N2O3/c23-20(22-24)10-4-2-1-3-7-13-25-15-11-12-17-16-8-5-6-9-18(16)21-19(17)14-15/h5-6,8-9,11-12,14,21,24H,1-4,7,10,13H2,(H,22,23). The Hall–Kier alpha value is -2.53. The van der Waals surface area contributed by atoms with Crippen molar-refractivity contribution in [2.45, 2.75) is 38.5 Å². The summed E-state index contributed by atoms with van der Waals surface area (Å²) in [5, 5.41) is 10.9. The first-order chi connectivity index (χ1) is 12.3. The molecule has 3 rings (SSSR count). The van der Waals surface area contributed by atoms with Crippen LogP contribution in [0.1, 0.15) is 38.5 Å². The van der Waals surface area contributed by atoms with Gasteiger partial charge in [0, 0.05) is 28.8 Å². The van der Waals surface area contributed by atoms with Crippen LogP contribution in [0.5, 0.6) is 5.75 Å². The number of fused-ring (bicyclic) bond motifs is 3. The van der Waals surface area contributed by atoms with Gasteiger partial charge >= 0.3 is 0 Å². The highest BCUT2D eigenvalue weighted by atomic mass is 16.5. The third kappa shape index (κ3) is 4.51. The third-order valence-corrected chi connectivity index (χ3v) is 4.42.